The van der Waals surface area contributed by atoms with Crippen molar-refractivity contribution in [3.63, 3.8) is 0 Å². The molecule has 0 amide bonds. The minimum Gasteiger partial charge on any atom is -0.426 e. The van der Waals surface area contributed by atoms with Crippen LogP contribution in [-0.2, 0) is 9.47 Å². The smallest absolute Gasteiger partial charge is 0.340 e. The average molecular weight is 433 g/mol. The van der Waals surface area contributed by atoms with Gasteiger partial charge in [-0.15, -0.1) is 23.2 Å². The number of esters is 1. The molecule has 0 saturated heterocycles. The number of carbonyl (C=O) groups excluding carboxylic acids is 1. The van der Waals surface area contributed by atoms with Crippen LogP contribution in [0, 0.1) is 0 Å². The van der Waals surface area contributed by atoms with Crippen molar-refractivity contribution in [1.82, 2.24) is 0 Å². The number of likely N-dealkylation sites (N-methyl/N-ethyl adjacent to an activating group) is 1. The fourth-order valence-electron chi connectivity index (χ4n) is 2.98. The van der Waals surface area contributed by atoms with Gasteiger partial charge >= 0.3 is 5.97 Å². The highest BCUT2D eigenvalue weighted by Gasteiger charge is 2.26. The Hall–Kier alpha value is -0.810. The molecule has 0 aliphatic rings. The monoisotopic (exact) mass is 432 g/mol. The normalized spacial score (nSPS) is 15.1. The summed E-state index contributed by atoms with van der Waals surface area (Å²) in [5, 5.41) is 0.326. The van der Waals surface area contributed by atoms with Gasteiger partial charge in [0.25, 0.3) is 6.29 Å². The molecule has 3 unspecified atom stereocenters. The largest absolute Gasteiger partial charge is 0.426 e. The summed E-state index contributed by atoms with van der Waals surface area (Å²) in [6, 6.07) is 8.96. The minimum atomic E-state index is -0.599. The molecule has 0 saturated carbocycles. The molecule has 0 bridgehead atoms. The zero-order valence-electron chi connectivity index (χ0n) is 17.7. The van der Waals surface area contributed by atoms with E-state index in [-0.39, 0.29) is 16.7 Å². The number of quaternary nitrogens is 1. The number of benzene rings is 1. The third kappa shape index (κ3) is 10.7. The van der Waals surface area contributed by atoms with Crippen molar-refractivity contribution < 1.29 is 18.8 Å². The van der Waals surface area contributed by atoms with E-state index in [0.717, 1.165) is 32.2 Å². The molecule has 0 fully saturated rings. The summed E-state index contributed by atoms with van der Waals surface area (Å²) in [4.78, 5) is 12.2. The second-order valence-electron chi connectivity index (χ2n) is 7.98. The van der Waals surface area contributed by atoms with Crippen molar-refractivity contribution in [3.8, 4) is 0 Å². The first kappa shape index (κ1) is 25.2. The lowest BCUT2D eigenvalue weighted by atomic mass is 10.1. The fourth-order valence-corrected chi connectivity index (χ4v) is 3.49. The Morgan fingerprint density at radius 1 is 1.04 bits per heavy atom. The average Bonchev–Trinajstić information content (AvgIpc) is 2.69. The molecular formula is C22H36Cl2NO3+. The third-order valence-corrected chi connectivity index (χ3v) is 5.74. The molecule has 0 spiro atoms. The number of methoxy groups -OCH3 is 1. The molecule has 1 aromatic rings. The van der Waals surface area contributed by atoms with Crippen molar-refractivity contribution in [2.75, 3.05) is 34.3 Å². The minimum absolute atomic E-state index is 0.105. The van der Waals surface area contributed by atoms with Gasteiger partial charge in [0, 0.05) is 24.3 Å². The van der Waals surface area contributed by atoms with Crippen LogP contribution in [0.4, 0.5) is 0 Å². The summed E-state index contributed by atoms with van der Waals surface area (Å²) in [5.74, 6) is -0.372. The van der Waals surface area contributed by atoms with Crippen molar-refractivity contribution in [2.45, 2.75) is 62.5 Å². The van der Waals surface area contributed by atoms with Gasteiger partial charge in [0.05, 0.1) is 26.2 Å². The van der Waals surface area contributed by atoms with Gasteiger partial charge in [-0.25, -0.2) is 4.79 Å². The van der Waals surface area contributed by atoms with Crippen LogP contribution in [0.5, 0.6) is 0 Å². The van der Waals surface area contributed by atoms with Gasteiger partial charge in [-0.3, -0.25) is 0 Å². The van der Waals surface area contributed by atoms with Crippen LogP contribution < -0.4 is 0 Å². The van der Waals surface area contributed by atoms with Crippen molar-refractivity contribution in [2.24, 2.45) is 0 Å². The second-order valence-corrected chi connectivity index (χ2v) is 9.22. The van der Waals surface area contributed by atoms with Gasteiger partial charge in [0.1, 0.15) is 6.54 Å². The topological polar surface area (TPSA) is 35.5 Å². The van der Waals surface area contributed by atoms with Crippen LogP contribution in [0.1, 0.15) is 55.8 Å². The molecule has 3 atom stereocenters. The molecule has 160 valence electrons. The predicted molar refractivity (Wildman–Crippen MR) is 117 cm³/mol. The molecule has 4 nitrogen and oxygen atoms in total. The van der Waals surface area contributed by atoms with Gasteiger partial charge in [0.2, 0.25) is 0 Å². The Balaban J connectivity index is 2.40. The summed E-state index contributed by atoms with van der Waals surface area (Å²) >= 11 is 12.9. The van der Waals surface area contributed by atoms with Crippen LogP contribution in [0.3, 0.4) is 0 Å². The molecular weight excluding hydrogens is 397 g/mol. The summed E-state index contributed by atoms with van der Waals surface area (Å²) in [6.07, 6.45) is 5.58. The second kappa shape index (κ2) is 13.4. The highest BCUT2D eigenvalue weighted by atomic mass is 35.5. The lowest BCUT2D eigenvalue weighted by molar-refractivity contribution is -0.896. The van der Waals surface area contributed by atoms with Crippen LogP contribution >= 0.6 is 23.2 Å². The molecule has 0 aromatic heterocycles. The molecule has 0 N–H and O–H groups in total. The number of ether oxygens (including phenoxy) is 2. The Kier molecular flexibility index (Phi) is 12.1. The van der Waals surface area contributed by atoms with Crippen molar-refractivity contribution >= 4 is 29.2 Å². The summed E-state index contributed by atoms with van der Waals surface area (Å²) in [6.45, 7) is 3.62. The maximum absolute atomic E-state index is 12.2. The number of rotatable bonds is 14. The molecule has 1 aromatic carbocycles. The fraction of sp³-hybridized carbons (Fsp3) is 0.682. The highest BCUT2D eigenvalue weighted by Crippen LogP contribution is 2.20. The van der Waals surface area contributed by atoms with Gasteiger partial charge < -0.3 is 14.0 Å². The van der Waals surface area contributed by atoms with E-state index >= 15 is 0 Å². The van der Waals surface area contributed by atoms with E-state index in [0.29, 0.717) is 16.6 Å². The van der Waals surface area contributed by atoms with Crippen molar-refractivity contribution in [1.29, 1.82) is 0 Å². The van der Waals surface area contributed by atoms with Crippen LogP contribution in [0.2, 0.25) is 0 Å². The molecule has 0 aliphatic heterocycles. The standard InChI is InChI=1S/C22H36Cl2NO3/c1-5-6-12-19(23)13-14-20(24)15-16-25(2,3)17-21(27-4)28-22(26)18-10-8-7-9-11-18/h7-11,19-21H,5-6,12-17H2,1-4H3/q+1. The molecule has 0 radical (unpaired) electrons. The van der Waals surface area contributed by atoms with E-state index in [1.807, 2.05) is 18.2 Å². The maximum atomic E-state index is 12.2. The van der Waals surface area contributed by atoms with Gasteiger partial charge in [-0.05, 0) is 31.4 Å². The quantitative estimate of drug-likeness (QED) is 0.169. The molecule has 0 heterocycles. The number of alkyl halides is 2. The van der Waals surface area contributed by atoms with E-state index in [4.69, 9.17) is 32.7 Å². The number of nitrogens with zero attached hydrogens (tertiary/aromatic N) is 1. The Morgan fingerprint density at radius 3 is 2.21 bits per heavy atom. The van der Waals surface area contributed by atoms with E-state index in [1.165, 1.54) is 12.8 Å². The summed E-state index contributed by atoms with van der Waals surface area (Å²) in [5.41, 5.74) is 0.523. The molecule has 0 aliphatic carbocycles. The Labute approximate surface area is 180 Å². The van der Waals surface area contributed by atoms with Crippen LogP contribution in [-0.4, -0.2) is 61.8 Å². The van der Waals surface area contributed by atoms with Crippen molar-refractivity contribution in [3.05, 3.63) is 35.9 Å². The first-order valence-corrected chi connectivity index (χ1v) is 11.0. The van der Waals surface area contributed by atoms with Crippen LogP contribution in [0.25, 0.3) is 0 Å². The number of carbonyl (C=O) groups is 1. The summed E-state index contributed by atoms with van der Waals surface area (Å²) in [7, 11) is 5.75. The number of halogens is 2. The maximum Gasteiger partial charge on any atom is 0.340 e. The SMILES string of the molecule is CCCCC(Cl)CCC(Cl)CC[N+](C)(C)CC(OC)OC(=O)c1ccccc1. The lowest BCUT2D eigenvalue weighted by Crippen LogP contribution is -2.48. The number of hydrogen-bond acceptors (Lipinski definition) is 3. The Bertz CT molecular complexity index is 554. The van der Waals surface area contributed by atoms with E-state index in [9.17, 15) is 4.79 Å². The zero-order chi connectivity index (χ0) is 21.0. The first-order valence-electron chi connectivity index (χ1n) is 10.2. The van der Waals surface area contributed by atoms with E-state index in [1.54, 1.807) is 19.2 Å². The van der Waals surface area contributed by atoms with Gasteiger partial charge in [-0.2, -0.15) is 0 Å². The zero-order valence-corrected chi connectivity index (χ0v) is 19.2. The first-order chi connectivity index (χ1) is 13.3. The van der Waals surface area contributed by atoms with Gasteiger partial charge in [0.15, 0.2) is 0 Å². The summed E-state index contributed by atoms with van der Waals surface area (Å²) < 4.78 is 11.6. The molecule has 28 heavy (non-hydrogen) atoms. The third-order valence-electron chi connectivity index (χ3n) is 4.87. The van der Waals surface area contributed by atoms with Crippen LogP contribution in [0.15, 0.2) is 30.3 Å². The Morgan fingerprint density at radius 2 is 1.64 bits per heavy atom. The molecule has 1 rings (SSSR count). The van der Waals surface area contributed by atoms with E-state index in [2.05, 4.69) is 21.0 Å². The predicted octanol–water partition coefficient (Wildman–Crippen LogP) is 5.47. The lowest BCUT2D eigenvalue weighted by Gasteiger charge is -2.33. The van der Waals surface area contributed by atoms with E-state index < -0.39 is 6.29 Å². The number of hydrogen-bond donors (Lipinski definition) is 0. The van der Waals surface area contributed by atoms with Gasteiger partial charge in [-0.1, -0.05) is 38.0 Å². The molecule has 6 heteroatoms. The number of unbranched alkanes of at least 4 members (excludes halogenated alkanes) is 1. The highest BCUT2D eigenvalue weighted by molar-refractivity contribution is 6.21.